The van der Waals surface area contributed by atoms with E-state index in [1.54, 1.807) is 0 Å². The zero-order valence-corrected chi connectivity index (χ0v) is 18.8. The highest BCUT2D eigenvalue weighted by Gasteiger charge is 2.55. The molecule has 3 fully saturated rings. The highest BCUT2D eigenvalue weighted by Crippen LogP contribution is 2.57. The normalized spacial score (nSPS) is 24.8. The van der Waals surface area contributed by atoms with Gasteiger partial charge >= 0.3 is 24.0 Å². The number of hydrogen-bond donors (Lipinski definition) is 1. The van der Waals surface area contributed by atoms with Gasteiger partial charge in [-0.3, -0.25) is 18.7 Å². The van der Waals surface area contributed by atoms with Crippen LogP contribution in [0.25, 0.3) is 11.2 Å². The van der Waals surface area contributed by atoms with Gasteiger partial charge in [-0.2, -0.15) is 26.3 Å². The topological polar surface area (TPSA) is 99.0 Å². The van der Waals surface area contributed by atoms with E-state index < -0.39 is 60.4 Å². The Labute approximate surface area is 194 Å². The van der Waals surface area contributed by atoms with Gasteiger partial charge in [0.1, 0.15) is 11.3 Å². The molecule has 2 heterocycles. The number of esters is 1. The zero-order chi connectivity index (χ0) is 25.8. The first kappa shape index (κ1) is 25.3. The monoisotopic (exact) mass is 510 g/mol. The van der Waals surface area contributed by atoms with Crippen molar-refractivity contribution in [3.05, 3.63) is 26.7 Å². The lowest BCUT2D eigenvalue weighted by atomic mass is 9.53. The molecule has 0 radical (unpaired) electrons. The van der Waals surface area contributed by atoms with Crippen LogP contribution in [0.4, 0.5) is 26.3 Å². The average molecular weight is 510 g/mol. The SMILES string of the molecule is COC(=O)C12CCC(c3nc4c([nH]3)c(=O)n(CCC(F)(F)F)c(=O)n4CCC(F)(F)F)(CC1)CC2. The Morgan fingerprint density at radius 3 is 1.94 bits per heavy atom. The number of imidazole rings is 1. The van der Waals surface area contributed by atoms with Crippen molar-refractivity contribution in [2.75, 3.05) is 7.11 Å². The van der Waals surface area contributed by atoms with Gasteiger partial charge in [-0.05, 0) is 38.5 Å². The van der Waals surface area contributed by atoms with Crippen molar-refractivity contribution < 1.29 is 35.9 Å². The predicted octanol–water partition coefficient (Wildman–Crippen LogP) is 3.56. The van der Waals surface area contributed by atoms with E-state index >= 15 is 0 Å². The fraction of sp³-hybridized carbons (Fsp3) is 0.714. The van der Waals surface area contributed by atoms with Crippen molar-refractivity contribution in [2.24, 2.45) is 5.41 Å². The van der Waals surface area contributed by atoms with Gasteiger partial charge in [0, 0.05) is 18.5 Å². The van der Waals surface area contributed by atoms with Crippen molar-refractivity contribution in [3.8, 4) is 0 Å². The number of alkyl halides is 6. The first-order valence-corrected chi connectivity index (χ1v) is 11.2. The molecule has 0 unspecified atom stereocenters. The van der Waals surface area contributed by atoms with Crippen LogP contribution in [0.5, 0.6) is 0 Å². The lowest BCUT2D eigenvalue weighted by Gasteiger charge is -2.50. The van der Waals surface area contributed by atoms with E-state index in [0.717, 1.165) is 0 Å². The molecule has 5 rings (SSSR count). The summed E-state index contributed by atoms with van der Waals surface area (Å²) in [6.07, 6.45) is -9.26. The van der Waals surface area contributed by atoms with Crippen LogP contribution in [0.2, 0.25) is 0 Å². The second-order valence-corrected chi connectivity index (χ2v) is 9.46. The highest BCUT2D eigenvalue weighted by atomic mass is 19.4. The maximum atomic E-state index is 12.9. The predicted molar refractivity (Wildman–Crippen MR) is 110 cm³/mol. The Kier molecular flexibility index (Phi) is 6.07. The van der Waals surface area contributed by atoms with Crippen molar-refractivity contribution in [1.29, 1.82) is 0 Å². The van der Waals surface area contributed by atoms with Crippen LogP contribution in [0.3, 0.4) is 0 Å². The van der Waals surface area contributed by atoms with E-state index in [9.17, 15) is 40.7 Å². The molecule has 3 aliphatic rings. The van der Waals surface area contributed by atoms with Gasteiger partial charge in [-0.25, -0.2) is 9.78 Å². The number of aromatic nitrogens is 4. The number of hydrogen-bond acceptors (Lipinski definition) is 5. The molecule has 0 saturated heterocycles. The minimum absolute atomic E-state index is 0.288. The number of ether oxygens (including phenoxy) is 1. The summed E-state index contributed by atoms with van der Waals surface area (Å²) in [6.45, 7) is -1.92. The van der Waals surface area contributed by atoms with Gasteiger partial charge in [0.15, 0.2) is 5.65 Å². The highest BCUT2D eigenvalue weighted by molar-refractivity contribution is 5.77. The number of aryl methyl sites for hydroxylation is 1. The van der Waals surface area contributed by atoms with Crippen molar-refractivity contribution in [3.63, 3.8) is 0 Å². The molecule has 2 aromatic rings. The van der Waals surface area contributed by atoms with Gasteiger partial charge in [-0.15, -0.1) is 0 Å². The van der Waals surface area contributed by atoms with E-state index in [0.29, 0.717) is 47.7 Å². The number of methoxy groups -OCH3 is 1. The molecule has 2 bridgehead atoms. The summed E-state index contributed by atoms with van der Waals surface area (Å²) in [6, 6.07) is 0. The second kappa shape index (κ2) is 8.40. The molecule has 0 aliphatic heterocycles. The smallest absolute Gasteiger partial charge is 0.390 e. The first-order chi connectivity index (χ1) is 16.2. The van der Waals surface area contributed by atoms with E-state index in [1.807, 2.05) is 0 Å². The van der Waals surface area contributed by atoms with Gasteiger partial charge in [0.25, 0.3) is 5.56 Å². The molecule has 0 amide bonds. The Bertz CT molecular complexity index is 1230. The van der Waals surface area contributed by atoms with Crippen molar-refractivity contribution in [1.82, 2.24) is 19.1 Å². The number of carbonyl (C=O) groups excluding carboxylic acids is 1. The number of fused-ring (bicyclic) bond motifs is 4. The minimum atomic E-state index is -4.67. The third-order valence-electron chi connectivity index (χ3n) is 7.47. The van der Waals surface area contributed by atoms with E-state index in [-0.39, 0.29) is 23.0 Å². The van der Waals surface area contributed by atoms with Crippen molar-refractivity contribution >= 4 is 17.1 Å². The summed E-state index contributed by atoms with van der Waals surface area (Å²) in [5.74, 6) is -0.0135. The summed E-state index contributed by atoms with van der Waals surface area (Å²) < 4.78 is 82.8. The summed E-state index contributed by atoms with van der Waals surface area (Å²) in [5, 5.41) is 0. The molecule has 0 aromatic carbocycles. The number of aromatic amines is 1. The molecule has 194 valence electrons. The van der Waals surface area contributed by atoms with E-state index in [4.69, 9.17) is 4.74 Å². The Hall–Kier alpha value is -2.80. The van der Waals surface area contributed by atoms with Crippen LogP contribution in [-0.4, -0.2) is 44.5 Å². The second-order valence-electron chi connectivity index (χ2n) is 9.46. The van der Waals surface area contributed by atoms with Crippen LogP contribution in [-0.2, 0) is 28.0 Å². The third kappa shape index (κ3) is 4.58. The summed E-state index contributed by atoms with van der Waals surface area (Å²) >= 11 is 0. The van der Waals surface area contributed by atoms with Gasteiger partial charge in [0.2, 0.25) is 0 Å². The Morgan fingerprint density at radius 2 is 1.46 bits per heavy atom. The fourth-order valence-electron chi connectivity index (χ4n) is 5.36. The standard InChI is InChI=1S/C21H24F6N4O4/c1-35-16(33)19-5-2-18(3-6-19,4-7-19)15-28-12-13(29-15)30(10-8-20(22,23)24)17(34)31(14(12)32)11-9-21(25,26)27/h2-11H2,1H3,(H,28,29). The molecular weight excluding hydrogens is 486 g/mol. The third-order valence-corrected chi connectivity index (χ3v) is 7.47. The minimum Gasteiger partial charge on any atom is -0.469 e. The molecule has 35 heavy (non-hydrogen) atoms. The molecule has 0 spiro atoms. The fourth-order valence-corrected chi connectivity index (χ4v) is 5.36. The lowest BCUT2D eigenvalue weighted by molar-refractivity contribution is -0.160. The number of halogens is 6. The zero-order valence-electron chi connectivity index (χ0n) is 18.8. The quantitative estimate of drug-likeness (QED) is 0.474. The largest absolute Gasteiger partial charge is 0.469 e. The molecule has 0 atom stereocenters. The van der Waals surface area contributed by atoms with Crippen LogP contribution in [0.15, 0.2) is 9.59 Å². The van der Waals surface area contributed by atoms with Gasteiger partial charge in [0.05, 0.1) is 25.4 Å². The summed E-state index contributed by atoms with van der Waals surface area (Å²) in [7, 11) is 1.32. The van der Waals surface area contributed by atoms with Crippen LogP contribution >= 0.6 is 0 Å². The summed E-state index contributed by atoms with van der Waals surface area (Å²) in [4.78, 5) is 45.2. The molecule has 1 N–H and O–H groups in total. The average Bonchev–Trinajstić information content (AvgIpc) is 3.24. The molecule has 3 saturated carbocycles. The van der Waals surface area contributed by atoms with Crippen LogP contribution in [0, 0.1) is 5.41 Å². The lowest BCUT2D eigenvalue weighted by Crippen LogP contribution is -2.48. The molecular formula is C21H24F6N4O4. The maximum absolute atomic E-state index is 12.9. The molecule has 14 heteroatoms. The molecule has 8 nitrogen and oxygen atoms in total. The number of rotatable bonds is 6. The Morgan fingerprint density at radius 1 is 0.943 bits per heavy atom. The van der Waals surface area contributed by atoms with Gasteiger partial charge < -0.3 is 9.72 Å². The Balaban J connectivity index is 1.78. The number of H-pyrrole nitrogens is 1. The van der Waals surface area contributed by atoms with E-state index in [2.05, 4.69) is 9.97 Å². The summed E-state index contributed by atoms with van der Waals surface area (Å²) in [5.41, 5.74) is -4.17. The molecule has 2 aromatic heterocycles. The van der Waals surface area contributed by atoms with Crippen LogP contribution < -0.4 is 11.2 Å². The van der Waals surface area contributed by atoms with Gasteiger partial charge in [-0.1, -0.05) is 0 Å². The van der Waals surface area contributed by atoms with Crippen LogP contribution in [0.1, 0.15) is 57.2 Å². The number of nitrogens with one attached hydrogen (secondary N) is 1. The van der Waals surface area contributed by atoms with E-state index in [1.165, 1.54) is 7.11 Å². The number of nitrogens with zero attached hydrogens (tertiary/aromatic N) is 3. The maximum Gasteiger partial charge on any atom is 0.390 e. The number of carbonyl (C=O) groups is 1. The first-order valence-electron chi connectivity index (χ1n) is 11.2. The van der Waals surface area contributed by atoms with Crippen molar-refractivity contribution in [2.45, 2.75) is 82.2 Å². The molecule has 3 aliphatic carbocycles.